The molecule has 0 bridgehead atoms. The van der Waals surface area contributed by atoms with Crippen LogP contribution in [0.4, 0.5) is 5.82 Å². The van der Waals surface area contributed by atoms with Crippen LogP contribution in [-0.4, -0.2) is 14.5 Å². The molecule has 26 heavy (non-hydrogen) atoms. The molecule has 0 radical (unpaired) electrons. The van der Waals surface area contributed by atoms with Gasteiger partial charge in [0, 0.05) is 17.7 Å². The lowest BCUT2D eigenvalue weighted by Gasteiger charge is -2.10. The van der Waals surface area contributed by atoms with Gasteiger partial charge in [0.25, 0.3) is 0 Å². The number of aryl methyl sites for hydroxylation is 1. The van der Waals surface area contributed by atoms with E-state index in [0.29, 0.717) is 18.1 Å². The molecule has 0 aliphatic rings. The highest BCUT2D eigenvalue weighted by Crippen LogP contribution is 2.29. The molecule has 0 aliphatic carbocycles. The first-order valence-electron chi connectivity index (χ1n) is 8.27. The maximum absolute atomic E-state index is 8.68. The van der Waals surface area contributed by atoms with Crippen LogP contribution in [0.25, 0.3) is 21.9 Å². The summed E-state index contributed by atoms with van der Waals surface area (Å²) in [4.78, 5) is 9.13. The molecule has 0 atom stereocenters. The van der Waals surface area contributed by atoms with Gasteiger partial charge in [-0.2, -0.15) is 5.26 Å². The van der Waals surface area contributed by atoms with Gasteiger partial charge in [-0.1, -0.05) is 42.5 Å². The monoisotopic (exact) mass is 359 g/mol. The van der Waals surface area contributed by atoms with Crippen LogP contribution >= 0.6 is 11.8 Å². The number of imidazole rings is 1. The average Bonchev–Trinajstić information content (AvgIpc) is 2.99. The fraction of sp³-hybridized carbons (Fsp3) is 0.150. The van der Waals surface area contributed by atoms with Crippen molar-refractivity contribution in [1.29, 1.82) is 5.26 Å². The second-order valence-corrected chi connectivity index (χ2v) is 6.91. The number of para-hydroxylation sites is 1. The summed E-state index contributed by atoms with van der Waals surface area (Å²) >= 11 is 1.25. The number of nitrogen functional groups attached to an aromatic ring is 1. The Kier molecular flexibility index (Phi) is 4.23. The van der Waals surface area contributed by atoms with Crippen molar-refractivity contribution in [2.24, 2.45) is 0 Å². The van der Waals surface area contributed by atoms with Gasteiger partial charge in [-0.3, -0.25) is 0 Å². The Balaban J connectivity index is 1.79. The normalized spacial score (nSPS) is 11.1. The van der Waals surface area contributed by atoms with E-state index in [-0.39, 0.29) is 0 Å². The predicted molar refractivity (Wildman–Crippen MR) is 107 cm³/mol. The highest BCUT2D eigenvalue weighted by molar-refractivity contribution is 8.02. The summed E-state index contributed by atoms with van der Waals surface area (Å²) in [7, 11) is 0. The smallest absolute Gasteiger partial charge is 0.152 e. The second kappa shape index (κ2) is 6.70. The number of rotatable bonds is 4. The number of hydrogen-bond acceptors (Lipinski definition) is 5. The molecule has 0 spiro atoms. The number of hydrogen-bond donors (Lipinski definition) is 1. The third-order valence-electron chi connectivity index (χ3n) is 4.47. The topological polar surface area (TPSA) is 80.5 Å². The minimum atomic E-state index is 0.462. The second-order valence-electron chi connectivity index (χ2n) is 6.15. The van der Waals surface area contributed by atoms with Crippen LogP contribution in [0.5, 0.6) is 0 Å². The molecule has 4 aromatic rings. The van der Waals surface area contributed by atoms with Crippen LogP contribution in [0.15, 0.2) is 48.5 Å². The maximum atomic E-state index is 8.68. The number of benzene rings is 2. The number of thioether (sulfide) groups is 1. The van der Waals surface area contributed by atoms with Crippen molar-refractivity contribution in [3.05, 3.63) is 65.5 Å². The Hall–Kier alpha value is -3.04. The third kappa shape index (κ3) is 2.87. The molecule has 128 valence electrons. The molecule has 2 aromatic carbocycles. The van der Waals surface area contributed by atoms with Gasteiger partial charge in [0.2, 0.25) is 0 Å². The van der Waals surface area contributed by atoms with Gasteiger partial charge in [0.1, 0.15) is 16.7 Å². The number of nitrogens with zero attached hydrogens (tertiary/aromatic N) is 4. The molecule has 0 amide bonds. The van der Waals surface area contributed by atoms with Gasteiger partial charge in [-0.25, -0.2) is 9.97 Å². The number of anilines is 1. The molecule has 5 nitrogen and oxygen atoms in total. The fourth-order valence-corrected chi connectivity index (χ4v) is 3.63. The minimum Gasteiger partial charge on any atom is -0.382 e. The number of thiocyanates is 1. The lowest BCUT2D eigenvalue weighted by atomic mass is 10.1. The van der Waals surface area contributed by atoms with E-state index in [1.807, 2.05) is 25.1 Å². The number of pyridine rings is 1. The van der Waals surface area contributed by atoms with Gasteiger partial charge in [0.15, 0.2) is 5.82 Å². The van der Waals surface area contributed by atoms with Crippen LogP contribution in [-0.2, 0) is 12.3 Å². The maximum Gasteiger partial charge on any atom is 0.152 e. The highest BCUT2D eigenvalue weighted by Gasteiger charge is 2.15. The number of aromatic nitrogens is 3. The Bertz CT molecular complexity index is 1140. The average molecular weight is 359 g/mol. The number of nitrogens with two attached hydrogens (primary N) is 1. The zero-order chi connectivity index (χ0) is 18.1. The lowest BCUT2D eigenvalue weighted by Crippen LogP contribution is -2.03. The van der Waals surface area contributed by atoms with Crippen LogP contribution in [0.2, 0.25) is 0 Å². The van der Waals surface area contributed by atoms with Gasteiger partial charge in [-0.15, -0.1) is 0 Å². The van der Waals surface area contributed by atoms with E-state index in [1.54, 1.807) is 0 Å². The molecular weight excluding hydrogens is 342 g/mol. The van der Waals surface area contributed by atoms with Crippen molar-refractivity contribution in [2.75, 3.05) is 5.73 Å². The van der Waals surface area contributed by atoms with Crippen LogP contribution in [0.3, 0.4) is 0 Å². The first-order chi connectivity index (χ1) is 12.7. The zero-order valence-electron chi connectivity index (χ0n) is 14.3. The molecule has 2 aromatic heterocycles. The number of nitriles is 1. The van der Waals surface area contributed by atoms with Crippen LogP contribution in [0, 0.1) is 17.6 Å². The summed E-state index contributed by atoms with van der Waals surface area (Å²) < 4.78 is 2.19. The summed E-state index contributed by atoms with van der Waals surface area (Å²) in [6.45, 7) is 2.70. The summed E-state index contributed by atoms with van der Waals surface area (Å²) in [6, 6.07) is 16.4. The summed E-state index contributed by atoms with van der Waals surface area (Å²) in [6.07, 6.45) is 0. The minimum absolute atomic E-state index is 0.462. The molecular formula is C20H17N5S. The van der Waals surface area contributed by atoms with Crippen molar-refractivity contribution in [3.8, 4) is 5.40 Å². The standard InChI is InChI=1S/C20H17N5S/c1-13-23-18-19(16-4-2-3-5-17(16)24-20(18)22)25(13)10-14-6-8-15(9-7-14)11-26-12-21/h2-9H,10-11H2,1H3,(H2,22,24). The highest BCUT2D eigenvalue weighted by atomic mass is 32.2. The van der Waals surface area contributed by atoms with Gasteiger partial charge in [0.05, 0.1) is 11.0 Å². The summed E-state index contributed by atoms with van der Waals surface area (Å²) in [5.74, 6) is 2.08. The van der Waals surface area contributed by atoms with Crippen molar-refractivity contribution in [1.82, 2.24) is 14.5 Å². The zero-order valence-corrected chi connectivity index (χ0v) is 15.1. The molecule has 4 rings (SSSR count). The first kappa shape index (κ1) is 16.4. The predicted octanol–water partition coefficient (Wildman–Crippen LogP) is 4.24. The molecule has 2 heterocycles. The van der Waals surface area contributed by atoms with Crippen LogP contribution in [0.1, 0.15) is 17.0 Å². The van der Waals surface area contributed by atoms with E-state index in [0.717, 1.165) is 33.3 Å². The Morgan fingerprint density at radius 3 is 2.58 bits per heavy atom. The summed E-state index contributed by atoms with van der Waals surface area (Å²) in [5, 5.41) is 11.8. The van der Waals surface area contributed by atoms with E-state index in [4.69, 9.17) is 11.0 Å². The Labute approximate surface area is 155 Å². The molecule has 6 heteroatoms. The van der Waals surface area contributed by atoms with E-state index in [1.165, 1.54) is 17.3 Å². The number of fused-ring (bicyclic) bond motifs is 3. The van der Waals surface area contributed by atoms with Gasteiger partial charge < -0.3 is 10.3 Å². The quantitative estimate of drug-likeness (QED) is 0.551. The van der Waals surface area contributed by atoms with Crippen molar-refractivity contribution >= 4 is 39.5 Å². The molecule has 0 saturated heterocycles. The molecule has 2 N–H and O–H groups in total. The molecule has 0 aliphatic heterocycles. The first-order valence-corrected chi connectivity index (χ1v) is 9.25. The molecule has 0 fully saturated rings. The summed E-state index contributed by atoms with van der Waals surface area (Å²) in [5.41, 5.74) is 11.1. The molecule has 0 unspecified atom stereocenters. The van der Waals surface area contributed by atoms with E-state index in [9.17, 15) is 0 Å². The SMILES string of the molecule is Cc1nc2c(N)nc3ccccc3c2n1Cc1ccc(CSC#N)cc1. The van der Waals surface area contributed by atoms with Gasteiger partial charge >= 0.3 is 0 Å². The van der Waals surface area contributed by atoms with Crippen LogP contribution < -0.4 is 5.73 Å². The van der Waals surface area contributed by atoms with Gasteiger partial charge in [-0.05, 0) is 35.9 Å². The lowest BCUT2D eigenvalue weighted by molar-refractivity contribution is 0.787. The van der Waals surface area contributed by atoms with Crippen molar-refractivity contribution in [3.63, 3.8) is 0 Å². The largest absolute Gasteiger partial charge is 0.382 e. The fourth-order valence-electron chi connectivity index (χ4n) is 3.20. The third-order valence-corrected chi connectivity index (χ3v) is 5.07. The molecule has 0 saturated carbocycles. The van der Waals surface area contributed by atoms with E-state index < -0.39 is 0 Å². The van der Waals surface area contributed by atoms with Crippen molar-refractivity contribution in [2.45, 2.75) is 19.2 Å². The van der Waals surface area contributed by atoms with Crippen molar-refractivity contribution < 1.29 is 0 Å². The Morgan fingerprint density at radius 1 is 1.08 bits per heavy atom. The Morgan fingerprint density at radius 2 is 1.81 bits per heavy atom. The van der Waals surface area contributed by atoms with E-state index in [2.05, 4.69) is 50.3 Å². The van der Waals surface area contributed by atoms with E-state index >= 15 is 0 Å².